The second-order valence-electron chi connectivity index (χ2n) is 5.44. The molecule has 5 heteroatoms. The van der Waals surface area contributed by atoms with Crippen molar-refractivity contribution in [1.29, 1.82) is 0 Å². The average molecular weight is 284 g/mol. The quantitative estimate of drug-likeness (QED) is 0.744. The molecule has 0 bridgehead atoms. The summed E-state index contributed by atoms with van der Waals surface area (Å²) in [7, 11) is 0. The normalized spacial score (nSPS) is 22.3. The van der Waals surface area contributed by atoms with E-state index in [4.69, 9.17) is 9.47 Å². The number of hydrogen-bond donors (Lipinski definition) is 0. The Hall–Kier alpha value is -2.30. The average Bonchev–Trinajstić information content (AvgIpc) is 2.97. The maximum absolute atomic E-state index is 12.1. The van der Waals surface area contributed by atoms with Crippen LogP contribution in [-0.2, 0) is 4.79 Å². The van der Waals surface area contributed by atoms with Crippen LogP contribution in [0.1, 0.15) is 31.2 Å². The summed E-state index contributed by atoms with van der Waals surface area (Å²) in [4.78, 5) is 18.4. The molecule has 5 nitrogen and oxygen atoms in total. The Kier molecular flexibility index (Phi) is 2.91. The summed E-state index contributed by atoms with van der Waals surface area (Å²) in [5.41, 5.74) is 1.61. The Bertz CT molecular complexity index is 663. The van der Waals surface area contributed by atoms with Gasteiger partial charge >= 0.3 is 0 Å². The van der Waals surface area contributed by atoms with Crippen molar-refractivity contribution < 1.29 is 14.3 Å². The molecule has 3 aliphatic rings. The van der Waals surface area contributed by atoms with Gasteiger partial charge in [0.15, 0.2) is 11.5 Å². The van der Waals surface area contributed by atoms with Crippen LogP contribution in [0.15, 0.2) is 28.9 Å². The number of amides is 1. The molecule has 108 valence electrons. The first-order valence-corrected chi connectivity index (χ1v) is 7.32. The number of rotatable bonds is 1. The summed E-state index contributed by atoms with van der Waals surface area (Å²) in [5.74, 6) is 2.27. The molecule has 0 aliphatic carbocycles. The third-order valence-electron chi connectivity index (χ3n) is 4.03. The fraction of sp³-hybridized carbons (Fsp3) is 0.375. The summed E-state index contributed by atoms with van der Waals surface area (Å²) < 4.78 is 10.7. The smallest absolute Gasteiger partial charge is 0.295 e. The first-order valence-electron chi connectivity index (χ1n) is 7.32. The summed E-state index contributed by atoms with van der Waals surface area (Å²) in [6, 6.07) is 5.71. The van der Waals surface area contributed by atoms with Gasteiger partial charge in [-0.1, -0.05) is 12.5 Å². The minimum absolute atomic E-state index is 0.135. The van der Waals surface area contributed by atoms with E-state index in [1.54, 1.807) is 0 Å². The number of ether oxygens (including phenoxy) is 2. The van der Waals surface area contributed by atoms with E-state index in [9.17, 15) is 4.79 Å². The number of nitrogens with zero attached hydrogens (tertiary/aromatic N) is 2. The standard InChI is InChI=1S/C16H16N2O3/c19-16-12(18-7-3-1-2-4-15(18)17-16)8-11-5-6-13-14(9-11)21-10-20-13/h5-6,8-9H,1-4,7,10H2/b12-8-. The van der Waals surface area contributed by atoms with E-state index in [0.717, 1.165) is 48.7 Å². The fourth-order valence-corrected chi connectivity index (χ4v) is 2.96. The zero-order valence-corrected chi connectivity index (χ0v) is 11.7. The van der Waals surface area contributed by atoms with Crippen LogP contribution in [0.4, 0.5) is 0 Å². The predicted molar refractivity (Wildman–Crippen MR) is 78.2 cm³/mol. The molecule has 4 rings (SSSR count). The molecule has 1 amide bonds. The molecular weight excluding hydrogens is 268 g/mol. The highest BCUT2D eigenvalue weighted by atomic mass is 16.7. The van der Waals surface area contributed by atoms with Gasteiger partial charge in [-0.3, -0.25) is 4.79 Å². The zero-order chi connectivity index (χ0) is 14.2. The number of fused-ring (bicyclic) bond motifs is 2. The summed E-state index contributed by atoms with van der Waals surface area (Å²) in [6.45, 7) is 1.13. The van der Waals surface area contributed by atoms with E-state index in [1.165, 1.54) is 6.42 Å². The SMILES string of the molecule is O=C1N=C2CCCCCN2/C1=C\c1ccc2c(c1)OCO2. The summed E-state index contributed by atoms with van der Waals surface area (Å²) in [6.07, 6.45) is 6.20. The molecule has 0 saturated carbocycles. The lowest BCUT2D eigenvalue weighted by Crippen LogP contribution is -2.26. The highest BCUT2D eigenvalue weighted by Crippen LogP contribution is 2.34. The number of hydrogen-bond acceptors (Lipinski definition) is 4. The molecule has 0 unspecified atom stereocenters. The monoisotopic (exact) mass is 284 g/mol. The van der Waals surface area contributed by atoms with E-state index in [2.05, 4.69) is 9.89 Å². The van der Waals surface area contributed by atoms with E-state index in [1.807, 2.05) is 24.3 Å². The van der Waals surface area contributed by atoms with Crippen LogP contribution in [0.2, 0.25) is 0 Å². The number of carbonyl (C=O) groups is 1. The van der Waals surface area contributed by atoms with Crippen LogP contribution in [0.3, 0.4) is 0 Å². The van der Waals surface area contributed by atoms with Gasteiger partial charge in [0.05, 0.1) is 0 Å². The van der Waals surface area contributed by atoms with E-state index in [0.29, 0.717) is 5.70 Å². The van der Waals surface area contributed by atoms with Gasteiger partial charge < -0.3 is 14.4 Å². The molecule has 3 aliphatic heterocycles. The van der Waals surface area contributed by atoms with Crippen LogP contribution in [0, 0.1) is 0 Å². The largest absolute Gasteiger partial charge is 0.454 e. The second kappa shape index (κ2) is 4.91. The van der Waals surface area contributed by atoms with Crippen molar-refractivity contribution in [2.24, 2.45) is 4.99 Å². The van der Waals surface area contributed by atoms with Crippen LogP contribution >= 0.6 is 0 Å². The zero-order valence-electron chi connectivity index (χ0n) is 11.7. The maximum Gasteiger partial charge on any atom is 0.295 e. The minimum Gasteiger partial charge on any atom is -0.454 e. The Morgan fingerprint density at radius 2 is 2.05 bits per heavy atom. The highest BCUT2D eigenvalue weighted by Gasteiger charge is 2.30. The third-order valence-corrected chi connectivity index (χ3v) is 4.03. The van der Waals surface area contributed by atoms with Gasteiger partial charge in [0.2, 0.25) is 6.79 Å². The van der Waals surface area contributed by atoms with E-state index >= 15 is 0 Å². The lowest BCUT2D eigenvalue weighted by molar-refractivity contribution is -0.114. The summed E-state index contributed by atoms with van der Waals surface area (Å²) in [5, 5.41) is 0. The number of amidine groups is 1. The predicted octanol–water partition coefficient (Wildman–Crippen LogP) is 2.57. The maximum atomic E-state index is 12.1. The molecule has 1 aromatic rings. The van der Waals surface area contributed by atoms with E-state index in [-0.39, 0.29) is 12.7 Å². The number of aliphatic imine (C=N–C) groups is 1. The molecule has 21 heavy (non-hydrogen) atoms. The molecule has 1 fully saturated rings. The van der Waals surface area contributed by atoms with Gasteiger partial charge in [-0.15, -0.1) is 0 Å². The fourth-order valence-electron chi connectivity index (χ4n) is 2.96. The number of carbonyl (C=O) groups excluding carboxylic acids is 1. The first kappa shape index (κ1) is 12.4. The molecule has 0 aromatic heterocycles. The molecule has 0 spiro atoms. The minimum atomic E-state index is -0.135. The molecule has 3 heterocycles. The topological polar surface area (TPSA) is 51.1 Å². The molecule has 0 atom stereocenters. The molecule has 1 aromatic carbocycles. The van der Waals surface area contributed by atoms with Gasteiger partial charge in [0.1, 0.15) is 11.5 Å². The van der Waals surface area contributed by atoms with Crippen LogP contribution in [0.5, 0.6) is 11.5 Å². The van der Waals surface area contributed by atoms with Crippen LogP contribution in [0.25, 0.3) is 6.08 Å². The van der Waals surface area contributed by atoms with Gasteiger partial charge in [-0.2, -0.15) is 4.99 Å². The first-order chi connectivity index (χ1) is 10.3. The Balaban J connectivity index is 1.67. The lowest BCUT2D eigenvalue weighted by Gasteiger charge is -2.18. The number of benzene rings is 1. The van der Waals surface area contributed by atoms with Crippen molar-refractivity contribution in [2.75, 3.05) is 13.3 Å². The summed E-state index contributed by atoms with van der Waals surface area (Å²) >= 11 is 0. The van der Waals surface area contributed by atoms with Gasteiger partial charge in [0, 0.05) is 13.0 Å². The van der Waals surface area contributed by atoms with Gasteiger partial charge in [-0.25, -0.2) is 0 Å². The lowest BCUT2D eigenvalue weighted by atomic mass is 10.1. The van der Waals surface area contributed by atoms with Crippen molar-refractivity contribution in [3.05, 3.63) is 29.5 Å². The molecule has 1 saturated heterocycles. The van der Waals surface area contributed by atoms with Gasteiger partial charge in [-0.05, 0) is 36.6 Å². The Morgan fingerprint density at radius 3 is 3.00 bits per heavy atom. The van der Waals surface area contributed by atoms with Crippen molar-refractivity contribution in [3.8, 4) is 11.5 Å². The second-order valence-corrected chi connectivity index (χ2v) is 5.44. The highest BCUT2D eigenvalue weighted by molar-refractivity contribution is 6.13. The van der Waals surface area contributed by atoms with E-state index < -0.39 is 0 Å². The molecule has 0 radical (unpaired) electrons. The Labute approximate surface area is 122 Å². The Morgan fingerprint density at radius 1 is 1.14 bits per heavy atom. The van der Waals surface area contributed by atoms with Crippen LogP contribution in [-0.4, -0.2) is 30.0 Å². The molecule has 0 N–H and O–H groups in total. The van der Waals surface area contributed by atoms with Crippen molar-refractivity contribution in [2.45, 2.75) is 25.7 Å². The van der Waals surface area contributed by atoms with Crippen molar-refractivity contribution in [3.63, 3.8) is 0 Å². The third kappa shape index (κ3) is 2.18. The van der Waals surface area contributed by atoms with Crippen molar-refractivity contribution in [1.82, 2.24) is 4.90 Å². The molecular formula is C16H16N2O3. The van der Waals surface area contributed by atoms with Crippen molar-refractivity contribution >= 4 is 17.8 Å². The van der Waals surface area contributed by atoms with Gasteiger partial charge in [0.25, 0.3) is 5.91 Å². The van der Waals surface area contributed by atoms with Crippen LogP contribution < -0.4 is 9.47 Å².